The van der Waals surface area contributed by atoms with Crippen LogP contribution in [0.25, 0.3) is 5.84 Å². The molecule has 0 saturated heterocycles. The molecule has 0 amide bonds. The van der Waals surface area contributed by atoms with Gasteiger partial charge in [0.15, 0.2) is 6.72 Å². The Labute approximate surface area is 41.1 Å². The molecule has 0 aliphatic heterocycles. The lowest BCUT2D eigenvalue weighted by atomic mass is 11.6. The summed E-state index contributed by atoms with van der Waals surface area (Å²) in [6.45, 7) is 2.93. The molecule has 2 N–H and O–H groups in total. The molecule has 1 unspecified atom stereocenters. The standard InChI is InChI=1S/C2H7N3O2/c1-4(3)5(6)7-2/h3,5H,1H2,2H3. The second-order valence-corrected chi connectivity index (χ2v) is 0.898. The van der Waals surface area contributed by atoms with Crippen LogP contribution in [-0.4, -0.2) is 18.6 Å². The number of rotatable bonds is 2. The van der Waals surface area contributed by atoms with E-state index in [1.807, 2.05) is 0 Å². The normalized spacial score (nSPS) is 13.4. The second-order valence-electron chi connectivity index (χ2n) is 0.898. The summed E-state index contributed by atoms with van der Waals surface area (Å²) >= 11 is 0. The first-order chi connectivity index (χ1) is 3.18. The average molecular weight is 105 g/mol. The fraction of sp³-hybridized carbons (Fsp3) is 0.500. The fourth-order valence-corrected chi connectivity index (χ4v) is 0.110. The summed E-state index contributed by atoms with van der Waals surface area (Å²) in [5, 5.41) is 9.20. The predicted molar refractivity (Wildman–Crippen MR) is 23.0 cm³/mol. The molecule has 0 rings (SSSR count). The third-order valence-electron chi connectivity index (χ3n) is 0.395. The molecule has 0 heterocycles. The largest absolute Gasteiger partial charge is 0.541 e. The summed E-state index contributed by atoms with van der Waals surface area (Å²) in [4.78, 5) is 4.41. The van der Waals surface area contributed by atoms with E-state index in [4.69, 9.17) is 5.84 Å². The number of hydrogen-bond acceptors (Lipinski definition) is 2. The van der Waals surface area contributed by atoms with Gasteiger partial charge in [0, 0.05) is 0 Å². The van der Waals surface area contributed by atoms with Crippen molar-refractivity contribution in [3.8, 4) is 0 Å². The lowest BCUT2D eigenvalue weighted by Crippen LogP contribution is -3.08. The lowest BCUT2D eigenvalue weighted by molar-refractivity contribution is -1.39. The van der Waals surface area contributed by atoms with Crippen molar-refractivity contribution in [1.29, 1.82) is 0 Å². The van der Waals surface area contributed by atoms with Gasteiger partial charge in [-0.3, -0.25) is 0 Å². The topological polar surface area (TPSA) is 63.5 Å². The van der Waals surface area contributed by atoms with Gasteiger partial charge in [0.25, 0.3) is 0 Å². The van der Waals surface area contributed by atoms with E-state index < -0.39 is 5.34 Å². The van der Waals surface area contributed by atoms with Crippen molar-refractivity contribution in [2.75, 3.05) is 7.11 Å². The highest BCUT2D eigenvalue weighted by Gasteiger charge is 1.89. The van der Waals surface area contributed by atoms with Crippen molar-refractivity contribution < 1.29 is 15.0 Å². The van der Waals surface area contributed by atoms with Crippen molar-refractivity contribution >= 4 is 6.72 Å². The van der Waals surface area contributed by atoms with E-state index in [2.05, 4.69) is 11.6 Å². The van der Waals surface area contributed by atoms with Crippen molar-refractivity contribution in [2.45, 2.75) is 0 Å². The van der Waals surface area contributed by atoms with E-state index >= 15 is 0 Å². The Morgan fingerprint density at radius 3 is 2.43 bits per heavy atom. The molecule has 0 aromatic rings. The van der Waals surface area contributed by atoms with E-state index in [1.165, 1.54) is 7.11 Å². The minimum Gasteiger partial charge on any atom is -0.541 e. The predicted octanol–water partition coefficient (Wildman–Crippen LogP) is -1.47. The van der Waals surface area contributed by atoms with Crippen LogP contribution in [0.1, 0.15) is 0 Å². The molecule has 0 bridgehead atoms. The second kappa shape index (κ2) is 2.51. The molecule has 1 atom stereocenters. The first-order valence-corrected chi connectivity index (χ1v) is 1.58. The summed E-state index contributed by atoms with van der Waals surface area (Å²) in [6, 6.07) is 0. The van der Waals surface area contributed by atoms with Crippen LogP contribution in [0.3, 0.4) is 0 Å². The molecule has 7 heavy (non-hydrogen) atoms. The van der Waals surface area contributed by atoms with Gasteiger partial charge in [-0.25, -0.2) is 0 Å². The molecule has 0 radical (unpaired) electrons. The Morgan fingerprint density at radius 1 is 2.00 bits per heavy atom. The SMILES string of the molecule is C=[N+]([NH-])[NH+]([O-])OC. The zero-order valence-electron chi connectivity index (χ0n) is 3.97. The zero-order valence-corrected chi connectivity index (χ0v) is 3.97. The Kier molecular flexibility index (Phi) is 2.28. The van der Waals surface area contributed by atoms with E-state index in [0.717, 1.165) is 0 Å². The maximum atomic E-state index is 9.97. The highest BCUT2D eigenvalue weighted by atomic mass is 16.9. The number of nitrogens with one attached hydrogen (secondary N) is 2. The van der Waals surface area contributed by atoms with Gasteiger partial charge in [-0.1, -0.05) is 4.79 Å². The summed E-state index contributed by atoms with van der Waals surface area (Å²) in [5.41, 5.74) is 0. The van der Waals surface area contributed by atoms with Gasteiger partial charge in [-0.2, -0.15) is 0 Å². The van der Waals surface area contributed by atoms with Crippen LogP contribution in [0.4, 0.5) is 0 Å². The molecule has 0 aromatic carbocycles. The van der Waals surface area contributed by atoms with E-state index in [1.54, 1.807) is 0 Å². The number of quaternary nitrogens is 1. The maximum absolute atomic E-state index is 9.97. The molecular weight excluding hydrogens is 98.0 g/mol. The molecule has 5 heteroatoms. The Balaban J connectivity index is 3.34. The summed E-state index contributed by atoms with van der Waals surface area (Å²) in [7, 11) is 1.19. The van der Waals surface area contributed by atoms with E-state index in [0.29, 0.717) is 4.79 Å². The first kappa shape index (κ1) is 6.35. The zero-order chi connectivity index (χ0) is 5.86. The van der Waals surface area contributed by atoms with Crippen molar-refractivity contribution in [2.24, 2.45) is 0 Å². The minimum absolute atomic E-state index is 0.361. The van der Waals surface area contributed by atoms with E-state index in [9.17, 15) is 5.21 Å². The van der Waals surface area contributed by atoms with Gasteiger partial charge < -0.3 is 11.0 Å². The number of nitrogens with zero attached hydrogens (tertiary/aromatic N) is 1. The average Bonchev–Trinajstić information content (AvgIpc) is 1.65. The molecule has 0 spiro atoms. The van der Waals surface area contributed by atoms with Crippen LogP contribution in [0.2, 0.25) is 0 Å². The van der Waals surface area contributed by atoms with Crippen LogP contribution in [0.15, 0.2) is 0 Å². The minimum atomic E-state index is -0.764. The highest BCUT2D eigenvalue weighted by Crippen LogP contribution is 1.45. The van der Waals surface area contributed by atoms with Gasteiger partial charge in [-0.15, -0.1) is 4.84 Å². The quantitative estimate of drug-likeness (QED) is 0.264. The highest BCUT2D eigenvalue weighted by molar-refractivity contribution is 5.13. The lowest BCUT2D eigenvalue weighted by Gasteiger charge is -2.11. The Morgan fingerprint density at radius 2 is 2.43 bits per heavy atom. The van der Waals surface area contributed by atoms with Gasteiger partial charge >= 0.3 is 0 Å². The summed E-state index contributed by atoms with van der Waals surface area (Å²) in [5.74, 6) is 6.43. The molecule has 0 aliphatic carbocycles. The van der Waals surface area contributed by atoms with E-state index in [-0.39, 0.29) is 0 Å². The molecular formula is C2H7N3O2. The summed E-state index contributed by atoms with van der Waals surface area (Å²) in [6.07, 6.45) is 0. The fourth-order valence-electron chi connectivity index (χ4n) is 0.110. The van der Waals surface area contributed by atoms with Crippen LogP contribution >= 0.6 is 0 Å². The monoisotopic (exact) mass is 105 g/mol. The third-order valence-corrected chi connectivity index (χ3v) is 0.395. The first-order valence-electron chi connectivity index (χ1n) is 1.58. The van der Waals surface area contributed by atoms with Crippen LogP contribution in [0, 0.1) is 5.21 Å². The molecule has 42 valence electrons. The van der Waals surface area contributed by atoms with Gasteiger partial charge in [0.1, 0.15) is 7.11 Å². The van der Waals surface area contributed by atoms with Gasteiger partial charge in [-0.05, 0) is 5.34 Å². The molecule has 0 aromatic heterocycles. The van der Waals surface area contributed by atoms with Crippen molar-refractivity contribution in [3.05, 3.63) is 11.0 Å². The number of hydrogen-bond donors (Lipinski definition) is 1. The Bertz CT molecular complexity index is 73.3. The molecule has 0 fully saturated rings. The summed E-state index contributed by atoms with van der Waals surface area (Å²) < 4.78 is 0. The third kappa shape index (κ3) is 2.10. The van der Waals surface area contributed by atoms with Gasteiger partial charge in [0.05, 0.1) is 0 Å². The molecule has 5 nitrogen and oxygen atoms in total. The van der Waals surface area contributed by atoms with Crippen molar-refractivity contribution in [1.82, 2.24) is 0 Å². The van der Waals surface area contributed by atoms with Gasteiger partial charge in [0.2, 0.25) is 0 Å². The Hall–Kier alpha value is -0.650. The van der Waals surface area contributed by atoms with Crippen LogP contribution in [-0.2, 0) is 4.84 Å². The van der Waals surface area contributed by atoms with Crippen molar-refractivity contribution in [3.63, 3.8) is 0 Å². The smallest absolute Gasteiger partial charge is 0.187 e. The van der Waals surface area contributed by atoms with Crippen LogP contribution in [0.5, 0.6) is 0 Å². The molecule has 0 saturated carbocycles. The molecule has 0 aliphatic rings. The maximum Gasteiger partial charge on any atom is 0.187 e. The van der Waals surface area contributed by atoms with Crippen LogP contribution < -0.4 is 5.34 Å².